The quantitative estimate of drug-likeness (QED) is 0.637. The minimum atomic E-state index is -0.496. The van der Waals surface area contributed by atoms with Gasteiger partial charge in [0.15, 0.2) is 0 Å². The summed E-state index contributed by atoms with van der Waals surface area (Å²) in [6, 6.07) is 10.3. The molecule has 0 aromatic heterocycles. The molecule has 0 aliphatic carbocycles. The standard InChI is InChI=1S/C20H22N2O4/c1-12-8-13(2)19(14(3)9-12)22-18(24)11-17(23)21-16-7-5-6-15(10-16)20(25)26-4/h5-10H,11H2,1-4H3,(H,21,23)(H,22,24). The van der Waals surface area contributed by atoms with Crippen molar-refractivity contribution in [1.82, 2.24) is 0 Å². The van der Waals surface area contributed by atoms with Gasteiger partial charge in [0.05, 0.1) is 12.7 Å². The zero-order valence-electron chi connectivity index (χ0n) is 15.3. The SMILES string of the molecule is COC(=O)c1cccc(NC(=O)CC(=O)Nc2c(C)cc(C)cc2C)c1. The van der Waals surface area contributed by atoms with Gasteiger partial charge in [-0.15, -0.1) is 0 Å². The van der Waals surface area contributed by atoms with Crippen molar-refractivity contribution in [2.45, 2.75) is 27.2 Å². The highest BCUT2D eigenvalue weighted by atomic mass is 16.5. The Morgan fingerprint density at radius 2 is 1.54 bits per heavy atom. The highest BCUT2D eigenvalue weighted by Crippen LogP contribution is 2.22. The average molecular weight is 354 g/mol. The largest absolute Gasteiger partial charge is 0.465 e. The Hall–Kier alpha value is -3.15. The van der Waals surface area contributed by atoms with Crippen molar-refractivity contribution in [3.63, 3.8) is 0 Å². The Labute approximate surface area is 152 Å². The molecule has 0 fully saturated rings. The van der Waals surface area contributed by atoms with Crippen LogP contribution in [0.3, 0.4) is 0 Å². The molecular formula is C20H22N2O4. The van der Waals surface area contributed by atoms with Crippen LogP contribution in [0.4, 0.5) is 11.4 Å². The molecule has 136 valence electrons. The van der Waals surface area contributed by atoms with E-state index in [4.69, 9.17) is 0 Å². The Morgan fingerprint density at radius 3 is 2.15 bits per heavy atom. The number of amides is 2. The molecule has 0 aliphatic heterocycles. The molecular weight excluding hydrogens is 332 g/mol. The zero-order chi connectivity index (χ0) is 19.3. The van der Waals surface area contributed by atoms with E-state index in [0.717, 1.165) is 22.4 Å². The number of benzene rings is 2. The van der Waals surface area contributed by atoms with Crippen LogP contribution in [0, 0.1) is 20.8 Å². The molecule has 0 heterocycles. The Kier molecular flexibility index (Phi) is 6.11. The molecule has 0 atom stereocenters. The summed E-state index contributed by atoms with van der Waals surface area (Å²) >= 11 is 0. The lowest BCUT2D eigenvalue weighted by atomic mass is 10.0. The topological polar surface area (TPSA) is 84.5 Å². The number of hydrogen-bond donors (Lipinski definition) is 2. The monoisotopic (exact) mass is 354 g/mol. The van der Waals surface area contributed by atoms with Gasteiger partial charge < -0.3 is 15.4 Å². The number of carbonyl (C=O) groups excluding carboxylic acids is 3. The summed E-state index contributed by atoms with van der Waals surface area (Å²) in [7, 11) is 1.28. The van der Waals surface area contributed by atoms with Crippen molar-refractivity contribution in [2.24, 2.45) is 0 Å². The Bertz CT molecular complexity index is 836. The zero-order valence-corrected chi connectivity index (χ0v) is 15.3. The van der Waals surface area contributed by atoms with Crippen molar-refractivity contribution in [2.75, 3.05) is 17.7 Å². The van der Waals surface area contributed by atoms with Crippen molar-refractivity contribution >= 4 is 29.2 Å². The van der Waals surface area contributed by atoms with Crippen molar-refractivity contribution < 1.29 is 19.1 Å². The predicted molar refractivity (Wildman–Crippen MR) is 100 cm³/mol. The molecule has 6 nitrogen and oxygen atoms in total. The smallest absolute Gasteiger partial charge is 0.337 e. The van der Waals surface area contributed by atoms with Gasteiger partial charge in [0.1, 0.15) is 6.42 Å². The summed E-state index contributed by atoms with van der Waals surface area (Å²) in [4.78, 5) is 35.8. The molecule has 0 unspecified atom stereocenters. The van der Waals surface area contributed by atoms with Gasteiger partial charge in [0.2, 0.25) is 11.8 Å². The molecule has 0 saturated carbocycles. The predicted octanol–water partition coefficient (Wildman–Crippen LogP) is 3.37. The number of nitrogens with one attached hydrogen (secondary N) is 2. The summed E-state index contributed by atoms with van der Waals surface area (Å²) < 4.78 is 4.64. The summed E-state index contributed by atoms with van der Waals surface area (Å²) in [5.41, 5.74) is 4.47. The minimum Gasteiger partial charge on any atom is -0.465 e. The third kappa shape index (κ3) is 4.92. The van der Waals surface area contributed by atoms with Crippen LogP contribution in [0.2, 0.25) is 0 Å². The van der Waals surface area contributed by atoms with Crippen LogP contribution < -0.4 is 10.6 Å². The summed E-state index contributed by atoms with van der Waals surface area (Å²) in [5, 5.41) is 5.40. The lowest BCUT2D eigenvalue weighted by Crippen LogP contribution is -2.22. The third-order valence-electron chi connectivity index (χ3n) is 3.83. The number of methoxy groups -OCH3 is 1. The first-order valence-corrected chi connectivity index (χ1v) is 8.16. The fraction of sp³-hybridized carbons (Fsp3) is 0.250. The normalized spacial score (nSPS) is 10.2. The lowest BCUT2D eigenvalue weighted by molar-refractivity contribution is -0.123. The van der Waals surface area contributed by atoms with Gasteiger partial charge >= 0.3 is 5.97 Å². The first-order chi connectivity index (χ1) is 12.3. The van der Waals surface area contributed by atoms with Gasteiger partial charge in [-0.1, -0.05) is 23.8 Å². The maximum atomic E-state index is 12.2. The van der Waals surface area contributed by atoms with Gasteiger partial charge in [-0.05, 0) is 50.1 Å². The number of rotatable bonds is 5. The number of anilines is 2. The van der Waals surface area contributed by atoms with Crippen LogP contribution in [0.5, 0.6) is 0 Å². The summed E-state index contributed by atoms with van der Waals surface area (Å²) in [6.07, 6.45) is -0.324. The molecule has 0 spiro atoms. The van der Waals surface area contributed by atoms with Gasteiger partial charge in [-0.2, -0.15) is 0 Å². The fourth-order valence-electron chi connectivity index (χ4n) is 2.75. The Morgan fingerprint density at radius 1 is 0.923 bits per heavy atom. The molecule has 2 amide bonds. The summed E-state index contributed by atoms with van der Waals surface area (Å²) in [5.74, 6) is -1.36. The van der Waals surface area contributed by atoms with Crippen molar-refractivity contribution in [3.05, 3.63) is 58.7 Å². The average Bonchev–Trinajstić information content (AvgIpc) is 2.57. The van der Waals surface area contributed by atoms with Crippen molar-refractivity contribution in [1.29, 1.82) is 0 Å². The number of carbonyl (C=O) groups is 3. The molecule has 26 heavy (non-hydrogen) atoms. The Balaban J connectivity index is 2.00. The number of esters is 1. The van der Waals surface area contributed by atoms with E-state index in [2.05, 4.69) is 15.4 Å². The van der Waals surface area contributed by atoms with E-state index < -0.39 is 17.8 Å². The van der Waals surface area contributed by atoms with E-state index in [9.17, 15) is 14.4 Å². The van der Waals surface area contributed by atoms with Crippen LogP contribution in [0.15, 0.2) is 36.4 Å². The molecule has 6 heteroatoms. The maximum absolute atomic E-state index is 12.2. The van der Waals surface area contributed by atoms with Crippen LogP contribution in [0.1, 0.15) is 33.5 Å². The van der Waals surface area contributed by atoms with Gasteiger partial charge in [-0.3, -0.25) is 9.59 Å². The van der Waals surface area contributed by atoms with E-state index in [1.807, 2.05) is 32.9 Å². The van der Waals surface area contributed by atoms with Crippen LogP contribution >= 0.6 is 0 Å². The highest BCUT2D eigenvalue weighted by Gasteiger charge is 2.13. The number of aryl methyl sites for hydroxylation is 3. The molecule has 2 aromatic rings. The number of ether oxygens (including phenoxy) is 1. The molecule has 2 N–H and O–H groups in total. The molecule has 2 aromatic carbocycles. The molecule has 2 rings (SSSR count). The second-order valence-corrected chi connectivity index (χ2v) is 6.12. The molecule has 0 aliphatic rings. The second kappa shape index (κ2) is 8.29. The second-order valence-electron chi connectivity index (χ2n) is 6.12. The fourth-order valence-corrected chi connectivity index (χ4v) is 2.75. The van der Waals surface area contributed by atoms with E-state index in [-0.39, 0.29) is 6.42 Å². The summed E-state index contributed by atoms with van der Waals surface area (Å²) in [6.45, 7) is 5.81. The molecule has 0 radical (unpaired) electrons. The van der Waals surface area contributed by atoms with Gasteiger partial charge in [0.25, 0.3) is 0 Å². The molecule has 0 bridgehead atoms. The highest BCUT2D eigenvalue weighted by molar-refractivity contribution is 6.08. The van der Waals surface area contributed by atoms with Gasteiger partial charge in [-0.25, -0.2) is 4.79 Å². The van der Waals surface area contributed by atoms with E-state index in [1.165, 1.54) is 13.2 Å². The lowest BCUT2D eigenvalue weighted by Gasteiger charge is -2.13. The maximum Gasteiger partial charge on any atom is 0.337 e. The van der Waals surface area contributed by atoms with Crippen LogP contribution in [-0.4, -0.2) is 24.9 Å². The van der Waals surface area contributed by atoms with E-state index in [1.54, 1.807) is 18.2 Å². The first-order valence-electron chi connectivity index (χ1n) is 8.16. The minimum absolute atomic E-state index is 0.320. The van der Waals surface area contributed by atoms with E-state index in [0.29, 0.717) is 11.3 Å². The van der Waals surface area contributed by atoms with Crippen molar-refractivity contribution in [3.8, 4) is 0 Å². The molecule has 0 saturated heterocycles. The first kappa shape index (κ1) is 19.2. The third-order valence-corrected chi connectivity index (χ3v) is 3.83. The van der Waals surface area contributed by atoms with Crippen LogP contribution in [0.25, 0.3) is 0 Å². The van der Waals surface area contributed by atoms with Crippen LogP contribution in [-0.2, 0) is 14.3 Å². The number of hydrogen-bond acceptors (Lipinski definition) is 4. The van der Waals surface area contributed by atoms with E-state index >= 15 is 0 Å². The van der Waals surface area contributed by atoms with Gasteiger partial charge in [0, 0.05) is 11.4 Å².